The molecule has 5 heteroatoms. The molecule has 0 fully saturated rings. The first kappa shape index (κ1) is 10.7. The lowest BCUT2D eigenvalue weighted by molar-refractivity contribution is 0.626. The summed E-state index contributed by atoms with van der Waals surface area (Å²) in [6.07, 6.45) is 1.59. The minimum atomic E-state index is -0.449. The largest absolute Gasteiger partial charge is 0.238 e. The summed E-state index contributed by atoms with van der Waals surface area (Å²) in [5.41, 5.74) is 1.40. The van der Waals surface area contributed by atoms with Gasteiger partial charge >= 0.3 is 0 Å². The van der Waals surface area contributed by atoms with Crippen molar-refractivity contribution in [2.75, 3.05) is 0 Å². The Kier molecular flexibility index (Phi) is 2.63. The number of hydrogen-bond acceptors (Lipinski definition) is 2. The maximum atomic E-state index is 12.9. The predicted molar refractivity (Wildman–Crippen MR) is 58.0 cm³/mol. The fraction of sp³-hybridized carbons (Fsp3) is 0.0909. The Balaban J connectivity index is 2.60. The van der Waals surface area contributed by atoms with Gasteiger partial charge in [-0.25, -0.2) is 9.07 Å². The summed E-state index contributed by atoms with van der Waals surface area (Å²) in [6.45, 7) is 1.76. The number of hydrogen-bond donors (Lipinski definition) is 0. The fourth-order valence-electron chi connectivity index (χ4n) is 1.36. The van der Waals surface area contributed by atoms with E-state index in [-0.39, 0.29) is 5.56 Å². The fourth-order valence-corrected chi connectivity index (χ4v) is 1.49. The molecule has 0 aliphatic heterocycles. The Morgan fingerprint density at radius 3 is 2.81 bits per heavy atom. The topological polar surface area (TPSA) is 41.6 Å². The van der Waals surface area contributed by atoms with E-state index in [0.717, 1.165) is 0 Å². The second-order valence-electron chi connectivity index (χ2n) is 3.28. The van der Waals surface area contributed by atoms with Crippen LogP contribution in [0, 0.1) is 24.1 Å². The van der Waals surface area contributed by atoms with Gasteiger partial charge in [0.25, 0.3) is 0 Å². The molecule has 0 amide bonds. The standard InChI is InChI=1S/C11H7ClFN3/c1-7-10(12)6-16(15-7)11-3-2-9(13)4-8(11)5-14/h2-4,6H,1H3. The molecule has 0 N–H and O–H groups in total. The summed E-state index contributed by atoms with van der Waals surface area (Å²) in [5, 5.41) is 13.5. The first-order chi connectivity index (χ1) is 7.61. The van der Waals surface area contributed by atoms with Crippen LogP contribution >= 0.6 is 11.6 Å². The van der Waals surface area contributed by atoms with Crippen LogP contribution in [-0.4, -0.2) is 9.78 Å². The average molecular weight is 236 g/mol. The van der Waals surface area contributed by atoms with Crippen molar-refractivity contribution in [2.24, 2.45) is 0 Å². The van der Waals surface area contributed by atoms with Crippen molar-refractivity contribution in [2.45, 2.75) is 6.92 Å². The monoisotopic (exact) mass is 235 g/mol. The molecular formula is C11H7ClFN3. The van der Waals surface area contributed by atoms with Gasteiger partial charge in [-0.2, -0.15) is 10.4 Å². The van der Waals surface area contributed by atoms with Crippen LogP contribution in [0.25, 0.3) is 5.69 Å². The van der Waals surface area contributed by atoms with Crippen molar-refractivity contribution >= 4 is 11.6 Å². The average Bonchev–Trinajstić information content (AvgIpc) is 2.59. The van der Waals surface area contributed by atoms with Crippen LogP contribution in [0.5, 0.6) is 0 Å². The van der Waals surface area contributed by atoms with Gasteiger partial charge < -0.3 is 0 Å². The second-order valence-corrected chi connectivity index (χ2v) is 3.69. The summed E-state index contributed by atoms with van der Waals surface area (Å²) in [7, 11) is 0. The Labute approximate surface area is 96.7 Å². The Hall–Kier alpha value is -1.86. The number of nitrogens with zero attached hydrogens (tertiary/aromatic N) is 3. The van der Waals surface area contributed by atoms with E-state index in [1.807, 2.05) is 6.07 Å². The van der Waals surface area contributed by atoms with Gasteiger partial charge in [0.05, 0.1) is 22.0 Å². The van der Waals surface area contributed by atoms with Gasteiger partial charge in [-0.1, -0.05) is 11.6 Å². The molecule has 0 saturated carbocycles. The summed E-state index contributed by atoms with van der Waals surface area (Å²) >= 11 is 5.87. The van der Waals surface area contributed by atoms with Crippen LogP contribution < -0.4 is 0 Å². The second kappa shape index (κ2) is 3.95. The molecule has 0 unspecified atom stereocenters. The maximum Gasteiger partial charge on any atom is 0.124 e. The molecule has 2 aromatic rings. The predicted octanol–water partition coefficient (Wildman–Crippen LogP) is 2.84. The number of benzene rings is 1. The third kappa shape index (κ3) is 1.77. The van der Waals surface area contributed by atoms with Gasteiger partial charge in [-0.05, 0) is 25.1 Å². The maximum absolute atomic E-state index is 12.9. The lowest BCUT2D eigenvalue weighted by Gasteiger charge is -2.03. The van der Waals surface area contributed by atoms with Gasteiger partial charge in [-0.15, -0.1) is 0 Å². The Morgan fingerprint density at radius 1 is 1.50 bits per heavy atom. The summed E-state index contributed by atoms with van der Waals surface area (Å²) in [4.78, 5) is 0. The van der Waals surface area contributed by atoms with E-state index >= 15 is 0 Å². The molecule has 1 aromatic carbocycles. The minimum absolute atomic E-state index is 0.221. The minimum Gasteiger partial charge on any atom is -0.238 e. The van der Waals surface area contributed by atoms with Gasteiger partial charge in [0.15, 0.2) is 0 Å². The highest BCUT2D eigenvalue weighted by molar-refractivity contribution is 6.31. The van der Waals surface area contributed by atoms with Crippen LogP contribution in [0.2, 0.25) is 5.02 Å². The van der Waals surface area contributed by atoms with E-state index < -0.39 is 5.82 Å². The van der Waals surface area contributed by atoms with Gasteiger partial charge in [0, 0.05) is 6.20 Å². The molecule has 1 heterocycles. The summed E-state index contributed by atoms with van der Waals surface area (Å²) < 4.78 is 14.4. The van der Waals surface area contributed by atoms with Crippen molar-refractivity contribution in [3.63, 3.8) is 0 Å². The molecule has 0 aliphatic rings. The molecule has 0 bridgehead atoms. The van der Waals surface area contributed by atoms with E-state index in [9.17, 15) is 4.39 Å². The van der Waals surface area contributed by atoms with Crippen LogP contribution in [0.4, 0.5) is 4.39 Å². The van der Waals surface area contributed by atoms with Gasteiger partial charge in [0.2, 0.25) is 0 Å². The van der Waals surface area contributed by atoms with Gasteiger partial charge in [0.1, 0.15) is 11.9 Å². The van der Waals surface area contributed by atoms with Crippen molar-refractivity contribution in [3.8, 4) is 11.8 Å². The van der Waals surface area contributed by atoms with Crippen molar-refractivity contribution in [3.05, 3.63) is 46.5 Å². The molecule has 2 rings (SSSR count). The number of aromatic nitrogens is 2. The van der Waals surface area contributed by atoms with Crippen LogP contribution in [-0.2, 0) is 0 Å². The molecule has 1 aromatic heterocycles. The number of rotatable bonds is 1. The lowest BCUT2D eigenvalue weighted by atomic mass is 10.2. The van der Waals surface area contributed by atoms with E-state index in [1.54, 1.807) is 13.1 Å². The third-order valence-electron chi connectivity index (χ3n) is 2.16. The lowest BCUT2D eigenvalue weighted by Crippen LogP contribution is -1.98. The molecule has 80 valence electrons. The van der Waals surface area contributed by atoms with E-state index in [0.29, 0.717) is 16.4 Å². The molecule has 16 heavy (non-hydrogen) atoms. The van der Waals surface area contributed by atoms with Crippen LogP contribution in [0.1, 0.15) is 11.3 Å². The Morgan fingerprint density at radius 2 is 2.25 bits per heavy atom. The number of nitriles is 1. The molecule has 0 saturated heterocycles. The normalized spacial score (nSPS) is 10.1. The highest BCUT2D eigenvalue weighted by Gasteiger charge is 2.09. The first-order valence-corrected chi connectivity index (χ1v) is 4.91. The SMILES string of the molecule is Cc1nn(-c2ccc(F)cc2C#N)cc1Cl. The summed E-state index contributed by atoms with van der Waals surface area (Å²) in [6, 6.07) is 5.86. The number of aryl methyl sites for hydroxylation is 1. The van der Waals surface area contributed by atoms with Crippen LogP contribution in [0.3, 0.4) is 0 Å². The third-order valence-corrected chi connectivity index (χ3v) is 2.54. The van der Waals surface area contributed by atoms with Crippen molar-refractivity contribution < 1.29 is 4.39 Å². The van der Waals surface area contributed by atoms with E-state index in [1.165, 1.54) is 22.9 Å². The van der Waals surface area contributed by atoms with E-state index in [2.05, 4.69) is 5.10 Å². The Bertz CT molecular complexity index is 564. The molecule has 0 radical (unpaired) electrons. The van der Waals surface area contributed by atoms with Crippen molar-refractivity contribution in [1.82, 2.24) is 9.78 Å². The molecule has 0 atom stereocenters. The zero-order valence-corrected chi connectivity index (χ0v) is 9.16. The zero-order valence-electron chi connectivity index (χ0n) is 8.41. The van der Waals surface area contributed by atoms with Gasteiger partial charge in [-0.3, -0.25) is 0 Å². The molecular weight excluding hydrogens is 229 g/mol. The molecule has 0 spiro atoms. The highest BCUT2D eigenvalue weighted by Crippen LogP contribution is 2.19. The summed E-state index contributed by atoms with van der Waals surface area (Å²) in [5.74, 6) is -0.449. The zero-order chi connectivity index (χ0) is 11.7. The number of halogens is 2. The smallest absolute Gasteiger partial charge is 0.124 e. The van der Waals surface area contributed by atoms with Crippen molar-refractivity contribution in [1.29, 1.82) is 5.26 Å². The quantitative estimate of drug-likeness (QED) is 0.763. The molecule has 0 aliphatic carbocycles. The van der Waals surface area contributed by atoms with E-state index in [4.69, 9.17) is 16.9 Å². The van der Waals surface area contributed by atoms with Crippen LogP contribution in [0.15, 0.2) is 24.4 Å². The first-order valence-electron chi connectivity index (χ1n) is 4.53. The highest BCUT2D eigenvalue weighted by atomic mass is 35.5. The molecule has 3 nitrogen and oxygen atoms in total.